The van der Waals surface area contributed by atoms with Gasteiger partial charge in [-0.25, -0.2) is 19.3 Å². The van der Waals surface area contributed by atoms with Crippen LogP contribution in [-0.2, 0) is 4.79 Å². The number of anilines is 1. The zero-order chi connectivity index (χ0) is 26.1. The van der Waals surface area contributed by atoms with Crippen molar-refractivity contribution >= 4 is 49.4 Å². The maximum atomic E-state index is 13.3. The van der Waals surface area contributed by atoms with Crippen LogP contribution in [0.5, 0.6) is 0 Å². The van der Waals surface area contributed by atoms with E-state index >= 15 is 0 Å². The Morgan fingerprint density at radius 1 is 0.946 bits per heavy atom. The summed E-state index contributed by atoms with van der Waals surface area (Å²) in [5, 5.41) is 6.97. The second kappa shape index (κ2) is 10.0. The van der Waals surface area contributed by atoms with E-state index in [1.165, 1.54) is 23.5 Å². The number of nitrogens with one attached hydrogen (secondary N) is 2. The predicted molar refractivity (Wildman–Crippen MR) is 144 cm³/mol. The highest BCUT2D eigenvalue weighted by molar-refractivity contribution is 7.22. The maximum Gasteiger partial charge on any atom is 0.271 e. The van der Waals surface area contributed by atoms with Gasteiger partial charge >= 0.3 is 0 Å². The van der Waals surface area contributed by atoms with Crippen LogP contribution in [0, 0.1) is 12.7 Å². The molecule has 186 valence electrons. The van der Waals surface area contributed by atoms with Crippen molar-refractivity contribution in [3.8, 4) is 11.1 Å². The number of fused-ring (bicyclic) bond motifs is 2. The Morgan fingerprint density at radius 3 is 2.38 bits per heavy atom. The molecule has 9 heteroatoms. The van der Waals surface area contributed by atoms with Crippen LogP contribution in [0.4, 0.5) is 9.52 Å². The normalized spacial score (nSPS) is 12.0. The van der Waals surface area contributed by atoms with Gasteiger partial charge in [0.15, 0.2) is 5.13 Å². The van der Waals surface area contributed by atoms with Gasteiger partial charge in [-0.15, -0.1) is 0 Å². The van der Waals surface area contributed by atoms with E-state index in [0.717, 1.165) is 26.9 Å². The Hall–Kier alpha value is -4.24. The number of aryl methyl sites for hydroxylation is 1. The van der Waals surface area contributed by atoms with E-state index in [1.54, 1.807) is 26.0 Å². The van der Waals surface area contributed by atoms with Crippen molar-refractivity contribution in [2.24, 2.45) is 0 Å². The lowest BCUT2D eigenvalue weighted by atomic mass is 10.0. The third-order valence-corrected chi connectivity index (χ3v) is 6.96. The molecule has 0 aliphatic rings. The minimum absolute atomic E-state index is 0.0799. The molecule has 0 bridgehead atoms. The van der Waals surface area contributed by atoms with E-state index < -0.39 is 0 Å². The summed E-state index contributed by atoms with van der Waals surface area (Å²) in [5.74, 6) is -0.249. The van der Waals surface area contributed by atoms with Gasteiger partial charge in [-0.3, -0.25) is 9.59 Å². The summed E-state index contributed by atoms with van der Waals surface area (Å²) in [5.41, 5.74) is 4.38. The second-order valence-electron chi connectivity index (χ2n) is 8.70. The van der Waals surface area contributed by atoms with Crippen LogP contribution < -0.4 is 10.6 Å². The van der Waals surface area contributed by atoms with Gasteiger partial charge in [-0.05, 0) is 66.9 Å². The van der Waals surface area contributed by atoms with Crippen LogP contribution in [-0.4, -0.2) is 26.8 Å². The molecular formula is C28H24FN5O2S. The van der Waals surface area contributed by atoms with E-state index in [1.807, 2.05) is 43.3 Å². The summed E-state index contributed by atoms with van der Waals surface area (Å²) in [6, 6.07) is 17.3. The molecule has 0 fully saturated rings. The zero-order valence-corrected chi connectivity index (χ0v) is 21.3. The number of thiazole rings is 1. The van der Waals surface area contributed by atoms with Crippen molar-refractivity contribution in [2.45, 2.75) is 33.2 Å². The van der Waals surface area contributed by atoms with E-state index in [0.29, 0.717) is 28.3 Å². The number of nitrogens with zero attached hydrogens (tertiary/aromatic N) is 3. The summed E-state index contributed by atoms with van der Waals surface area (Å²) < 4.78 is 14.2. The topological polar surface area (TPSA) is 96.9 Å². The smallest absolute Gasteiger partial charge is 0.271 e. The monoisotopic (exact) mass is 513 g/mol. The van der Waals surface area contributed by atoms with Gasteiger partial charge < -0.3 is 10.6 Å². The van der Waals surface area contributed by atoms with E-state index in [4.69, 9.17) is 0 Å². The minimum Gasteiger partial charge on any atom is -0.344 e. The summed E-state index contributed by atoms with van der Waals surface area (Å²) in [4.78, 5) is 38.5. The zero-order valence-electron chi connectivity index (χ0n) is 20.5. The molecule has 37 heavy (non-hydrogen) atoms. The molecule has 0 aliphatic carbocycles. The Balaban J connectivity index is 1.49. The molecule has 0 unspecified atom stereocenters. The molecule has 0 radical (unpaired) electrons. The van der Waals surface area contributed by atoms with Gasteiger partial charge in [0, 0.05) is 11.8 Å². The van der Waals surface area contributed by atoms with Crippen LogP contribution >= 0.6 is 11.3 Å². The lowest BCUT2D eigenvalue weighted by Gasteiger charge is -2.15. The van der Waals surface area contributed by atoms with Crippen molar-refractivity contribution in [3.63, 3.8) is 0 Å². The van der Waals surface area contributed by atoms with Crippen molar-refractivity contribution in [1.82, 2.24) is 20.3 Å². The fourth-order valence-electron chi connectivity index (χ4n) is 4.06. The molecule has 0 saturated heterocycles. The summed E-state index contributed by atoms with van der Waals surface area (Å²) in [6.07, 6.45) is 0.387. The summed E-state index contributed by atoms with van der Waals surface area (Å²) in [6.45, 7) is 5.39. The largest absolute Gasteiger partial charge is 0.344 e. The Morgan fingerprint density at radius 2 is 1.65 bits per heavy atom. The molecule has 7 nitrogen and oxygen atoms in total. The van der Waals surface area contributed by atoms with Crippen molar-refractivity contribution in [3.05, 3.63) is 83.6 Å². The number of carbonyl (C=O) groups is 2. The van der Waals surface area contributed by atoms with Crippen LogP contribution in [0.2, 0.25) is 0 Å². The molecule has 0 aliphatic heterocycles. The highest BCUT2D eigenvalue weighted by Crippen LogP contribution is 2.32. The van der Waals surface area contributed by atoms with Gasteiger partial charge in [-0.2, -0.15) is 0 Å². The first-order valence-corrected chi connectivity index (χ1v) is 12.7. The van der Waals surface area contributed by atoms with Gasteiger partial charge in [0.1, 0.15) is 17.3 Å². The highest BCUT2D eigenvalue weighted by atomic mass is 32.1. The van der Waals surface area contributed by atoms with E-state index in [2.05, 4.69) is 25.6 Å². The molecule has 3 aromatic carbocycles. The fourth-order valence-corrected chi connectivity index (χ4v) is 4.98. The van der Waals surface area contributed by atoms with Crippen LogP contribution in [0.25, 0.3) is 32.2 Å². The molecule has 2 aromatic heterocycles. The Labute approximate surface area is 216 Å². The average molecular weight is 514 g/mol. The number of amides is 2. The van der Waals surface area contributed by atoms with Crippen LogP contribution in [0.1, 0.15) is 48.2 Å². The molecule has 2 N–H and O–H groups in total. The lowest BCUT2D eigenvalue weighted by Crippen LogP contribution is -2.28. The van der Waals surface area contributed by atoms with Crippen LogP contribution in [0.3, 0.4) is 0 Å². The molecule has 1 atom stereocenters. The first kappa shape index (κ1) is 24.5. The highest BCUT2D eigenvalue weighted by Gasteiger charge is 2.18. The number of benzene rings is 3. The molecule has 2 heterocycles. The Kier molecular flexibility index (Phi) is 6.62. The summed E-state index contributed by atoms with van der Waals surface area (Å²) >= 11 is 1.41. The first-order chi connectivity index (χ1) is 17.8. The molecule has 5 rings (SSSR count). The Bertz CT molecular complexity index is 1650. The van der Waals surface area contributed by atoms with Gasteiger partial charge in [0.05, 0.1) is 21.8 Å². The van der Waals surface area contributed by atoms with Crippen molar-refractivity contribution in [1.29, 1.82) is 0 Å². The van der Waals surface area contributed by atoms with Crippen LogP contribution in [0.15, 0.2) is 60.7 Å². The molecule has 2 amide bonds. The maximum absolute atomic E-state index is 13.3. The third-order valence-electron chi connectivity index (χ3n) is 6.03. The average Bonchev–Trinajstić information content (AvgIpc) is 3.29. The lowest BCUT2D eigenvalue weighted by molar-refractivity contribution is -0.115. The number of carbonyl (C=O) groups excluding carboxylic acids is 2. The first-order valence-electron chi connectivity index (χ1n) is 11.9. The fraction of sp³-hybridized carbons (Fsp3) is 0.179. The number of hydrogen-bond acceptors (Lipinski definition) is 6. The summed E-state index contributed by atoms with van der Waals surface area (Å²) in [7, 11) is 0. The number of hydrogen-bond donors (Lipinski definition) is 2. The standard InChI is InChI=1S/C28H24FN5O2S/c1-4-25(35)34-28-33-23-12-8-19(14-24(23)37-28)18-7-11-22-21(13-18)26(32-16(3)31-22)27(36)30-15(2)17-5-9-20(29)10-6-17/h5-15H,4H2,1-3H3,(H,30,36)(H,33,34,35)/t15-/m0/s1. The van der Waals surface area contributed by atoms with Gasteiger partial charge in [0.25, 0.3) is 5.91 Å². The number of halogens is 1. The van der Waals surface area contributed by atoms with Crippen molar-refractivity contribution < 1.29 is 14.0 Å². The van der Waals surface area contributed by atoms with E-state index in [9.17, 15) is 14.0 Å². The molecule has 0 saturated carbocycles. The van der Waals surface area contributed by atoms with Crippen molar-refractivity contribution in [2.75, 3.05) is 5.32 Å². The SMILES string of the molecule is CCC(=O)Nc1nc2ccc(-c3ccc4nc(C)nc(C(=O)N[C@@H](C)c5ccc(F)cc5)c4c3)cc2s1. The third kappa shape index (κ3) is 5.17. The number of rotatable bonds is 6. The minimum atomic E-state index is -0.335. The molecular weight excluding hydrogens is 489 g/mol. The van der Waals surface area contributed by atoms with Gasteiger partial charge in [-0.1, -0.05) is 42.5 Å². The number of aromatic nitrogens is 3. The molecule has 5 aromatic rings. The molecule has 0 spiro atoms. The quantitative estimate of drug-likeness (QED) is 0.282. The van der Waals surface area contributed by atoms with Gasteiger partial charge in [0.2, 0.25) is 5.91 Å². The second-order valence-corrected chi connectivity index (χ2v) is 9.73. The predicted octanol–water partition coefficient (Wildman–Crippen LogP) is 6.19. The van der Waals surface area contributed by atoms with E-state index in [-0.39, 0.29) is 29.4 Å².